The third-order valence-corrected chi connectivity index (χ3v) is 12.7. The van der Waals surface area contributed by atoms with Gasteiger partial charge in [-0.1, -0.05) is 264 Å². The first kappa shape index (κ1) is 57.9. The second-order valence-electron chi connectivity index (χ2n) is 18.6. The van der Waals surface area contributed by atoms with Crippen molar-refractivity contribution < 1.29 is 24.5 Å². The summed E-state index contributed by atoms with van der Waals surface area (Å²) in [5, 5.41) is 23.2. The van der Waals surface area contributed by atoms with E-state index in [4.69, 9.17) is 4.74 Å². The van der Waals surface area contributed by atoms with Gasteiger partial charge in [0.25, 0.3) is 0 Å². The summed E-state index contributed by atoms with van der Waals surface area (Å²) in [6.45, 7) is 4.95. The highest BCUT2D eigenvalue weighted by Crippen LogP contribution is 2.17. The summed E-state index contributed by atoms with van der Waals surface area (Å²) < 4.78 is 5.46. The molecule has 0 spiro atoms. The number of carbonyl (C=O) groups is 2. The van der Waals surface area contributed by atoms with E-state index in [0.717, 1.165) is 44.9 Å². The van der Waals surface area contributed by atoms with Gasteiger partial charge in [-0.3, -0.25) is 9.59 Å². The molecule has 2 atom stereocenters. The van der Waals surface area contributed by atoms with E-state index in [2.05, 4.69) is 19.2 Å². The van der Waals surface area contributed by atoms with Gasteiger partial charge in [0.2, 0.25) is 5.91 Å². The zero-order chi connectivity index (χ0) is 43.0. The Kier molecular flexibility index (Phi) is 48.6. The Morgan fingerprint density at radius 3 is 1.03 bits per heavy atom. The van der Waals surface area contributed by atoms with Crippen LogP contribution < -0.4 is 5.32 Å². The van der Waals surface area contributed by atoms with Crippen molar-refractivity contribution in [2.24, 2.45) is 0 Å². The molecule has 59 heavy (non-hydrogen) atoms. The van der Waals surface area contributed by atoms with Gasteiger partial charge >= 0.3 is 5.97 Å². The predicted molar refractivity (Wildman–Crippen MR) is 255 cm³/mol. The van der Waals surface area contributed by atoms with E-state index in [1.54, 1.807) is 0 Å². The summed E-state index contributed by atoms with van der Waals surface area (Å²) in [7, 11) is 0. The molecule has 3 N–H and O–H groups in total. The molecule has 0 bridgehead atoms. The van der Waals surface area contributed by atoms with Crippen LogP contribution in [0.15, 0.2) is 0 Å². The quantitative estimate of drug-likeness (QED) is 0.0419. The van der Waals surface area contributed by atoms with Crippen molar-refractivity contribution in [3.05, 3.63) is 0 Å². The summed E-state index contributed by atoms with van der Waals surface area (Å²) in [6.07, 6.45) is 55.0. The van der Waals surface area contributed by atoms with Crippen molar-refractivity contribution in [2.75, 3.05) is 13.2 Å². The molecule has 0 aromatic heterocycles. The van der Waals surface area contributed by atoms with Crippen molar-refractivity contribution in [1.82, 2.24) is 5.32 Å². The van der Waals surface area contributed by atoms with E-state index in [1.165, 1.54) is 225 Å². The molecule has 0 heterocycles. The lowest BCUT2D eigenvalue weighted by Gasteiger charge is -2.22. The molecular formula is C53H105NO5. The van der Waals surface area contributed by atoms with Gasteiger partial charge < -0.3 is 20.3 Å². The summed E-state index contributed by atoms with van der Waals surface area (Å²) >= 11 is 0. The number of ether oxygens (including phenoxy) is 1. The number of nitrogens with one attached hydrogen (secondary N) is 1. The number of aliphatic hydroxyl groups excluding tert-OH is 2. The zero-order valence-electron chi connectivity index (χ0n) is 40.0. The van der Waals surface area contributed by atoms with E-state index in [-0.39, 0.29) is 18.5 Å². The molecule has 352 valence electrons. The first-order valence-electron chi connectivity index (χ1n) is 26.8. The van der Waals surface area contributed by atoms with Crippen molar-refractivity contribution in [3.8, 4) is 0 Å². The second kappa shape index (κ2) is 49.5. The monoisotopic (exact) mass is 836 g/mol. The smallest absolute Gasteiger partial charge is 0.305 e. The van der Waals surface area contributed by atoms with Crippen LogP contribution in [0.3, 0.4) is 0 Å². The van der Waals surface area contributed by atoms with Gasteiger partial charge in [0.15, 0.2) is 0 Å². The Morgan fingerprint density at radius 1 is 0.407 bits per heavy atom. The second-order valence-corrected chi connectivity index (χ2v) is 18.6. The number of amides is 1. The number of unbranched alkanes of at least 4 members (excludes halogenated alkanes) is 39. The topological polar surface area (TPSA) is 95.9 Å². The molecule has 0 saturated heterocycles. The fourth-order valence-electron chi connectivity index (χ4n) is 8.52. The van der Waals surface area contributed by atoms with Gasteiger partial charge in [0.05, 0.1) is 25.4 Å². The summed E-state index contributed by atoms with van der Waals surface area (Å²) in [6, 6.07) is -0.544. The van der Waals surface area contributed by atoms with Gasteiger partial charge in [-0.2, -0.15) is 0 Å². The number of carbonyl (C=O) groups excluding carboxylic acids is 2. The van der Waals surface area contributed by atoms with E-state index < -0.39 is 12.1 Å². The van der Waals surface area contributed by atoms with Crippen LogP contribution >= 0.6 is 0 Å². The summed E-state index contributed by atoms with van der Waals surface area (Å²) in [5.74, 6) is -0.0354. The van der Waals surface area contributed by atoms with Crippen molar-refractivity contribution in [3.63, 3.8) is 0 Å². The Morgan fingerprint density at radius 2 is 0.695 bits per heavy atom. The molecule has 6 nitrogen and oxygen atoms in total. The molecule has 0 aliphatic carbocycles. The van der Waals surface area contributed by atoms with Crippen molar-refractivity contribution in [2.45, 2.75) is 315 Å². The van der Waals surface area contributed by atoms with Crippen LogP contribution in [-0.4, -0.2) is 47.4 Å². The van der Waals surface area contributed by atoms with Gasteiger partial charge in [-0.05, 0) is 25.7 Å². The minimum Gasteiger partial charge on any atom is -0.466 e. The van der Waals surface area contributed by atoms with Gasteiger partial charge in [-0.25, -0.2) is 0 Å². The van der Waals surface area contributed by atoms with E-state index in [1.807, 2.05) is 0 Å². The first-order valence-corrected chi connectivity index (χ1v) is 26.8. The average molecular weight is 836 g/mol. The van der Waals surface area contributed by atoms with E-state index in [0.29, 0.717) is 25.9 Å². The van der Waals surface area contributed by atoms with Crippen LogP contribution in [0, 0.1) is 0 Å². The number of aliphatic hydroxyl groups is 2. The Labute approximate surface area is 368 Å². The highest BCUT2D eigenvalue weighted by atomic mass is 16.5. The zero-order valence-corrected chi connectivity index (χ0v) is 40.0. The molecule has 6 heteroatoms. The van der Waals surface area contributed by atoms with Gasteiger partial charge in [0.1, 0.15) is 0 Å². The van der Waals surface area contributed by atoms with Crippen LogP contribution in [0.1, 0.15) is 303 Å². The molecule has 0 aliphatic rings. The van der Waals surface area contributed by atoms with Crippen LogP contribution in [0.2, 0.25) is 0 Å². The molecular weight excluding hydrogens is 731 g/mol. The first-order chi connectivity index (χ1) is 29.0. The maximum atomic E-state index is 12.4. The SMILES string of the molecule is CCCCCCCCCCCCCCCCC(O)C(CO)NC(=O)CCCCCCCCCCCCCCCCCCOC(=O)CCCCCCCCCCCCCC. The third kappa shape index (κ3) is 46.2. The number of rotatable bonds is 50. The van der Waals surface area contributed by atoms with Crippen LogP contribution in [0.4, 0.5) is 0 Å². The molecule has 2 unspecified atom stereocenters. The Bertz CT molecular complexity index is 837. The van der Waals surface area contributed by atoms with Gasteiger partial charge in [-0.15, -0.1) is 0 Å². The lowest BCUT2D eigenvalue weighted by molar-refractivity contribution is -0.143. The van der Waals surface area contributed by atoms with E-state index >= 15 is 0 Å². The highest BCUT2D eigenvalue weighted by Gasteiger charge is 2.20. The highest BCUT2D eigenvalue weighted by molar-refractivity contribution is 5.76. The maximum absolute atomic E-state index is 12.4. The summed E-state index contributed by atoms with van der Waals surface area (Å²) in [4.78, 5) is 24.4. The number of esters is 1. The normalized spacial score (nSPS) is 12.5. The molecule has 0 fully saturated rings. The average Bonchev–Trinajstić information content (AvgIpc) is 3.24. The summed E-state index contributed by atoms with van der Waals surface area (Å²) in [5.41, 5.74) is 0. The lowest BCUT2D eigenvalue weighted by atomic mass is 10.0. The number of hydrogen-bond donors (Lipinski definition) is 3. The Hall–Kier alpha value is -1.14. The molecule has 0 aliphatic heterocycles. The minimum atomic E-state index is -0.666. The molecule has 0 saturated carbocycles. The molecule has 0 rings (SSSR count). The fraction of sp³-hybridized carbons (Fsp3) is 0.962. The van der Waals surface area contributed by atoms with Crippen LogP contribution in [-0.2, 0) is 14.3 Å². The third-order valence-electron chi connectivity index (χ3n) is 12.7. The van der Waals surface area contributed by atoms with Crippen molar-refractivity contribution in [1.29, 1.82) is 0 Å². The largest absolute Gasteiger partial charge is 0.466 e. The maximum Gasteiger partial charge on any atom is 0.305 e. The molecule has 0 aromatic carbocycles. The number of hydrogen-bond acceptors (Lipinski definition) is 5. The van der Waals surface area contributed by atoms with Crippen LogP contribution in [0.25, 0.3) is 0 Å². The molecule has 0 aromatic rings. The Balaban J connectivity index is 3.41. The fourth-order valence-corrected chi connectivity index (χ4v) is 8.52. The molecule has 0 radical (unpaired) electrons. The molecule has 1 amide bonds. The van der Waals surface area contributed by atoms with Crippen molar-refractivity contribution >= 4 is 11.9 Å². The van der Waals surface area contributed by atoms with Crippen LogP contribution in [0.5, 0.6) is 0 Å². The van der Waals surface area contributed by atoms with Gasteiger partial charge in [0, 0.05) is 12.8 Å². The minimum absolute atomic E-state index is 0.00448. The predicted octanol–water partition coefficient (Wildman–Crippen LogP) is 16.0. The van der Waals surface area contributed by atoms with E-state index in [9.17, 15) is 19.8 Å². The lowest BCUT2D eigenvalue weighted by Crippen LogP contribution is -2.45. The standard InChI is InChI=1S/C53H105NO5/c1-3-5-7-9-11-13-15-17-22-25-29-33-37-41-45-51(56)50(49-55)54-52(57)46-42-38-34-30-26-23-20-18-19-21-24-28-32-36-40-44-48-59-53(58)47-43-39-35-31-27-16-14-12-10-8-6-4-2/h50-51,55-56H,3-49H2,1-2H3,(H,54,57).